The smallest absolute Gasteiger partial charge is 0.440 e. The Balaban J connectivity index is 1.83. The van der Waals surface area contributed by atoms with Crippen LogP contribution in [0.2, 0.25) is 0 Å². The van der Waals surface area contributed by atoms with Crippen LogP contribution in [0.4, 0.5) is 18.0 Å². The lowest BCUT2D eigenvalue weighted by atomic mass is 10.1. The molecule has 2 N–H and O–H groups in total. The molecule has 1 saturated heterocycles. The summed E-state index contributed by atoms with van der Waals surface area (Å²) in [5.41, 5.74) is -2.81. The van der Waals surface area contributed by atoms with Gasteiger partial charge in [0, 0.05) is 6.54 Å². The topological polar surface area (TPSA) is 91.7 Å². The van der Waals surface area contributed by atoms with Crippen molar-refractivity contribution in [3.05, 3.63) is 60.1 Å². The van der Waals surface area contributed by atoms with Gasteiger partial charge in [0.25, 0.3) is 17.5 Å². The summed E-state index contributed by atoms with van der Waals surface area (Å²) >= 11 is 0. The van der Waals surface area contributed by atoms with Crippen LogP contribution in [0, 0.1) is 0 Å². The van der Waals surface area contributed by atoms with Crippen LogP contribution in [0.15, 0.2) is 53.1 Å². The molecule has 1 atom stereocenters. The summed E-state index contributed by atoms with van der Waals surface area (Å²) in [6.07, 6.45) is -4.00. The molecule has 7 nitrogen and oxygen atoms in total. The summed E-state index contributed by atoms with van der Waals surface area (Å²) in [6.45, 7) is -0.275. The lowest BCUT2D eigenvalue weighted by Gasteiger charge is -2.29. The maximum atomic E-state index is 13.7. The Bertz CT molecular complexity index is 852. The number of alkyl halides is 3. The molecule has 0 saturated carbocycles. The first-order chi connectivity index (χ1) is 12.7. The number of carbonyl (C=O) groups is 3. The van der Waals surface area contributed by atoms with E-state index >= 15 is 0 Å². The SMILES string of the molecule is O=C(N[C@]1(C(F)(F)F)NC(=O)N(CCc2ccccc2)C1=O)c1ccco1. The lowest BCUT2D eigenvalue weighted by molar-refractivity contribution is -0.200. The number of nitrogens with one attached hydrogen (secondary N) is 2. The van der Waals surface area contributed by atoms with Gasteiger partial charge in [0.15, 0.2) is 5.76 Å². The summed E-state index contributed by atoms with van der Waals surface area (Å²) in [6, 6.07) is 9.84. The van der Waals surface area contributed by atoms with Crippen LogP contribution in [-0.2, 0) is 11.2 Å². The standard InChI is InChI=1S/C17H14F3N3O4/c18-17(19,20)16(21-13(24)12-7-4-10-27-12)14(25)23(15(26)22-16)9-8-11-5-2-1-3-6-11/h1-7,10H,8-9H2,(H,21,24)(H,22,26)/t16-/m0/s1. The molecule has 0 radical (unpaired) electrons. The lowest BCUT2D eigenvalue weighted by Crippen LogP contribution is -2.69. The number of urea groups is 1. The minimum absolute atomic E-state index is 0.167. The highest BCUT2D eigenvalue weighted by Crippen LogP contribution is 2.34. The Morgan fingerprint density at radius 1 is 1.15 bits per heavy atom. The zero-order valence-corrected chi connectivity index (χ0v) is 13.7. The number of carbonyl (C=O) groups excluding carboxylic acids is 3. The molecule has 0 bridgehead atoms. The van der Waals surface area contributed by atoms with Gasteiger partial charge in [-0.15, -0.1) is 0 Å². The predicted molar refractivity (Wildman–Crippen MR) is 85.4 cm³/mol. The average molecular weight is 381 g/mol. The van der Waals surface area contributed by atoms with E-state index in [1.165, 1.54) is 6.07 Å². The summed E-state index contributed by atoms with van der Waals surface area (Å²) in [5.74, 6) is -3.31. The van der Waals surface area contributed by atoms with Gasteiger partial charge in [-0.2, -0.15) is 13.2 Å². The van der Waals surface area contributed by atoms with Crippen molar-refractivity contribution in [2.45, 2.75) is 18.3 Å². The van der Waals surface area contributed by atoms with Gasteiger partial charge >= 0.3 is 12.2 Å². The van der Waals surface area contributed by atoms with Crippen molar-refractivity contribution in [1.82, 2.24) is 15.5 Å². The third kappa shape index (κ3) is 3.37. The highest BCUT2D eigenvalue weighted by molar-refractivity contribution is 6.10. The summed E-state index contributed by atoms with van der Waals surface area (Å²) in [4.78, 5) is 37.0. The maximum Gasteiger partial charge on any atom is 0.440 e. The summed E-state index contributed by atoms with van der Waals surface area (Å²) < 4.78 is 45.8. The minimum Gasteiger partial charge on any atom is -0.459 e. The van der Waals surface area contributed by atoms with Gasteiger partial charge in [0.05, 0.1) is 6.26 Å². The second-order valence-corrected chi connectivity index (χ2v) is 5.80. The molecular weight excluding hydrogens is 367 g/mol. The maximum absolute atomic E-state index is 13.7. The average Bonchev–Trinajstić information content (AvgIpc) is 3.22. The van der Waals surface area contributed by atoms with Gasteiger partial charge in [-0.05, 0) is 24.1 Å². The first kappa shape index (κ1) is 18.5. The van der Waals surface area contributed by atoms with E-state index in [1.807, 2.05) is 0 Å². The second kappa shape index (κ2) is 6.78. The van der Waals surface area contributed by atoms with Crippen molar-refractivity contribution >= 4 is 17.8 Å². The van der Waals surface area contributed by atoms with Gasteiger partial charge in [-0.25, -0.2) is 4.79 Å². The van der Waals surface area contributed by atoms with E-state index in [-0.39, 0.29) is 13.0 Å². The van der Waals surface area contributed by atoms with Crippen molar-refractivity contribution in [1.29, 1.82) is 0 Å². The Kier molecular flexibility index (Phi) is 4.64. The van der Waals surface area contributed by atoms with Gasteiger partial charge < -0.3 is 9.73 Å². The van der Waals surface area contributed by atoms with Crippen molar-refractivity contribution < 1.29 is 32.0 Å². The molecule has 1 aliphatic rings. The molecular formula is C17H14F3N3O4. The Hall–Kier alpha value is -3.30. The van der Waals surface area contributed by atoms with E-state index in [0.717, 1.165) is 17.9 Å². The summed E-state index contributed by atoms with van der Waals surface area (Å²) in [5, 5.41) is 3.14. The van der Waals surface area contributed by atoms with Crippen molar-refractivity contribution in [2.24, 2.45) is 0 Å². The fraction of sp³-hybridized carbons (Fsp3) is 0.235. The van der Waals surface area contributed by atoms with Crippen LogP contribution in [0.5, 0.6) is 0 Å². The van der Waals surface area contributed by atoms with E-state index in [2.05, 4.69) is 0 Å². The molecule has 1 aliphatic heterocycles. The zero-order valence-electron chi connectivity index (χ0n) is 13.7. The van der Waals surface area contributed by atoms with Crippen LogP contribution in [-0.4, -0.2) is 41.1 Å². The fourth-order valence-electron chi connectivity index (χ4n) is 2.65. The number of benzene rings is 1. The van der Waals surface area contributed by atoms with Gasteiger partial charge in [0.1, 0.15) is 0 Å². The van der Waals surface area contributed by atoms with Crippen LogP contribution in [0.1, 0.15) is 16.1 Å². The molecule has 2 heterocycles. The molecule has 1 aromatic carbocycles. The second-order valence-electron chi connectivity index (χ2n) is 5.80. The first-order valence-electron chi connectivity index (χ1n) is 7.85. The minimum atomic E-state index is -5.26. The number of rotatable bonds is 5. The van der Waals surface area contributed by atoms with E-state index < -0.39 is 35.4 Å². The molecule has 2 aromatic rings. The molecule has 0 spiro atoms. The molecule has 4 amide bonds. The van der Waals surface area contributed by atoms with Crippen LogP contribution >= 0.6 is 0 Å². The number of hydrogen-bond acceptors (Lipinski definition) is 4. The number of hydrogen-bond donors (Lipinski definition) is 2. The van der Waals surface area contributed by atoms with Gasteiger partial charge in [-0.1, -0.05) is 30.3 Å². The van der Waals surface area contributed by atoms with Crippen LogP contribution < -0.4 is 10.6 Å². The van der Waals surface area contributed by atoms with Crippen LogP contribution in [0.25, 0.3) is 0 Å². The zero-order chi connectivity index (χ0) is 19.7. The predicted octanol–water partition coefficient (Wildman–Crippen LogP) is 2.06. The first-order valence-corrected chi connectivity index (χ1v) is 7.85. The molecule has 142 valence electrons. The van der Waals surface area contributed by atoms with Crippen molar-refractivity contribution in [2.75, 3.05) is 6.54 Å². The number of imide groups is 1. The number of amides is 4. The number of nitrogens with zero attached hydrogens (tertiary/aromatic N) is 1. The van der Waals surface area contributed by atoms with Gasteiger partial charge in [0.2, 0.25) is 0 Å². The highest BCUT2D eigenvalue weighted by Gasteiger charge is 2.68. The Morgan fingerprint density at radius 3 is 2.44 bits per heavy atom. The van der Waals surface area contributed by atoms with Gasteiger partial charge in [-0.3, -0.25) is 19.8 Å². The van der Waals surface area contributed by atoms with Crippen molar-refractivity contribution in [3.63, 3.8) is 0 Å². The monoisotopic (exact) mass is 381 g/mol. The Labute approximate surface area is 151 Å². The fourth-order valence-corrected chi connectivity index (χ4v) is 2.65. The Morgan fingerprint density at radius 2 is 1.85 bits per heavy atom. The van der Waals surface area contributed by atoms with E-state index in [1.54, 1.807) is 41.0 Å². The molecule has 1 aromatic heterocycles. The highest BCUT2D eigenvalue weighted by atomic mass is 19.4. The normalized spacial score (nSPS) is 19.9. The molecule has 10 heteroatoms. The molecule has 1 fully saturated rings. The third-order valence-corrected chi connectivity index (χ3v) is 4.04. The molecule has 0 aliphatic carbocycles. The number of furan rings is 1. The number of halogens is 3. The largest absolute Gasteiger partial charge is 0.459 e. The molecule has 27 heavy (non-hydrogen) atoms. The molecule has 3 rings (SSSR count). The van der Waals surface area contributed by atoms with Crippen LogP contribution in [0.3, 0.4) is 0 Å². The van der Waals surface area contributed by atoms with E-state index in [9.17, 15) is 27.6 Å². The van der Waals surface area contributed by atoms with E-state index in [0.29, 0.717) is 4.90 Å². The summed E-state index contributed by atoms with van der Waals surface area (Å²) in [7, 11) is 0. The van der Waals surface area contributed by atoms with E-state index in [4.69, 9.17) is 4.42 Å². The quantitative estimate of drug-likeness (QED) is 0.776. The van der Waals surface area contributed by atoms with Crippen molar-refractivity contribution in [3.8, 4) is 0 Å². The molecule has 0 unspecified atom stereocenters. The third-order valence-electron chi connectivity index (χ3n) is 4.04.